The first-order valence-corrected chi connectivity index (χ1v) is 8.89. The van der Waals surface area contributed by atoms with Crippen LogP contribution in [0.2, 0.25) is 0 Å². The van der Waals surface area contributed by atoms with Gasteiger partial charge in [0.05, 0.1) is 25.7 Å². The quantitative estimate of drug-likeness (QED) is 0.308. The monoisotopic (exact) mass is 338 g/mol. The molecule has 0 heterocycles. The van der Waals surface area contributed by atoms with E-state index in [1.54, 1.807) is 0 Å². The fraction of sp³-hybridized carbons (Fsp3) is 1.00. The smallest absolute Gasteiger partial charge is 0.264 e. The average Bonchev–Trinajstić information content (AvgIpc) is 2.29. The van der Waals surface area contributed by atoms with Crippen LogP contribution in [0.4, 0.5) is 0 Å². The summed E-state index contributed by atoms with van der Waals surface area (Å²) < 4.78 is 53.2. The first kappa shape index (κ1) is 19.7. The van der Waals surface area contributed by atoms with Crippen molar-refractivity contribution in [1.29, 1.82) is 0 Å². The third-order valence-electron chi connectivity index (χ3n) is 2.03. The van der Waals surface area contributed by atoms with Gasteiger partial charge in [0.25, 0.3) is 20.2 Å². The molecular formula is C8H18O10S2. The molecule has 0 aliphatic rings. The van der Waals surface area contributed by atoms with Crippen LogP contribution >= 0.6 is 0 Å². The Morgan fingerprint density at radius 2 is 1.05 bits per heavy atom. The molecule has 0 bridgehead atoms. The van der Waals surface area contributed by atoms with Crippen LogP contribution in [0.3, 0.4) is 0 Å². The lowest BCUT2D eigenvalue weighted by Crippen LogP contribution is -2.51. The molecule has 0 aromatic rings. The van der Waals surface area contributed by atoms with Gasteiger partial charge < -0.3 is 20.4 Å². The van der Waals surface area contributed by atoms with E-state index >= 15 is 0 Å². The van der Waals surface area contributed by atoms with Crippen LogP contribution in [0.1, 0.15) is 0 Å². The Bertz CT molecular complexity index is 437. The maximum atomic E-state index is 11.1. The van der Waals surface area contributed by atoms with Crippen LogP contribution in [0.15, 0.2) is 0 Å². The Morgan fingerprint density at radius 1 is 0.800 bits per heavy atom. The van der Waals surface area contributed by atoms with E-state index in [1.807, 2.05) is 0 Å². The zero-order valence-corrected chi connectivity index (χ0v) is 12.4. The molecular weight excluding hydrogens is 320 g/mol. The molecule has 0 amide bonds. The van der Waals surface area contributed by atoms with E-state index in [-0.39, 0.29) is 0 Å². The molecule has 20 heavy (non-hydrogen) atoms. The Labute approximate surface area is 116 Å². The minimum absolute atomic E-state index is 0.618. The highest BCUT2D eigenvalue weighted by Gasteiger charge is 2.39. The molecule has 0 fully saturated rings. The van der Waals surface area contributed by atoms with Crippen molar-refractivity contribution in [2.75, 3.05) is 25.7 Å². The maximum absolute atomic E-state index is 11.1. The third kappa shape index (κ3) is 7.44. The van der Waals surface area contributed by atoms with E-state index in [0.29, 0.717) is 12.5 Å². The minimum Gasteiger partial charge on any atom is -0.394 e. The predicted octanol–water partition coefficient (Wildman–Crippen LogP) is -3.62. The highest BCUT2D eigenvalue weighted by molar-refractivity contribution is 7.86. The van der Waals surface area contributed by atoms with Crippen LogP contribution in [-0.4, -0.2) is 87.4 Å². The van der Waals surface area contributed by atoms with Gasteiger partial charge in [-0.05, 0) is 0 Å². The van der Waals surface area contributed by atoms with Crippen LogP contribution in [0, 0.1) is 0 Å². The van der Waals surface area contributed by atoms with Gasteiger partial charge in [-0.25, -0.2) is 0 Å². The van der Waals surface area contributed by atoms with Crippen molar-refractivity contribution in [3.05, 3.63) is 0 Å². The summed E-state index contributed by atoms with van der Waals surface area (Å²) in [6.07, 6.45) is -6.34. The van der Waals surface area contributed by atoms with Crippen LogP contribution < -0.4 is 0 Å². The molecule has 0 spiro atoms. The zero-order chi connectivity index (χ0) is 16.1. The van der Waals surface area contributed by atoms with Crippen molar-refractivity contribution in [3.8, 4) is 0 Å². The van der Waals surface area contributed by atoms with Gasteiger partial charge >= 0.3 is 0 Å². The molecule has 122 valence electrons. The molecule has 0 aromatic heterocycles. The first-order valence-electron chi connectivity index (χ1n) is 5.25. The number of aliphatic hydroxyl groups excluding tert-OH is 4. The van der Waals surface area contributed by atoms with Gasteiger partial charge in [-0.3, -0.25) is 8.37 Å². The summed E-state index contributed by atoms with van der Waals surface area (Å²) in [4.78, 5) is 0. The van der Waals surface area contributed by atoms with E-state index in [1.165, 1.54) is 0 Å². The summed E-state index contributed by atoms with van der Waals surface area (Å²) in [5.41, 5.74) is 0. The molecule has 0 saturated carbocycles. The Hall–Kier alpha value is -0.340. The molecule has 10 nitrogen and oxygen atoms in total. The second-order valence-electron chi connectivity index (χ2n) is 4.03. The van der Waals surface area contributed by atoms with Gasteiger partial charge in [0.2, 0.25) is 0 Å². The number of aliphatic hydroxyl groups is 4. The molecule has 4 unspecified atom stereocenters. The molecule has 0 radical (unpaired) electrons. The Kier molecular flexibility index (Phi) is 7.48. The number of hydrogen-bond acceptors (Lipinski definition) is 10. The lowest BCUT2D eigenvalue weighted by atomic mass is 10.0. The molecule has 4 N–H and O–H groups in total. The van der Waals surface area contributed by atoms with Gasteiger partial charge in [-0.15, -0.1) is 0 Å². The largest absolute Gasteiger partial charge is 0.394 e. The second kappa shape index (κ2) is 7.61. The minimum atomic E-state index is -4.16. The second-order valence-corrected chi connectivity index (χ2v) is 7.23. The van der Waals surface area contributed by atoms with E-state index in [2.05, 4.69) is 8.37 Å². The summed E-state index contributed by atoms with van der Waals surface area (Å²) >= 11 is 0. The maximum Gasteiger partial charge on any atom is 0.264 e. The number of hydrogen-bond donors (Lipinski definition) is 4. The van der Waals surface area contributed by atoms with Crippen molar-refractivity contribution in [1.82, 2.24) is 0 Å². The molecule has 0 aliphatic heterocycles. The van der Waals surface area contributed by atoms with Crippen molar-refractivity contribution < 1.29 is 45.6 Å². The number of rotatable bonds is 9. The highest BCUT2D eigenvalue weighted by atomic mass is 32.2. The summed E-state index contributed by atoms with van der Waals surface area (Å²) in [5, 5.41) is 36.6. The summed E-state index contributed by atoms with van der Waals surface area (Å²) in [6.45, 7) is -1.97. The van der Waals surface area contributed by atoms with Gasteiger partial charge in [0.1, 0.15) is 24.4 Å². The standard InChI is InChI=1S/C8H18O10S2/c1-19(13,14)17-7(5(11)3-9)8(6(12)4-10)18-20(2,15)16/h5-12H,3-4H2,1-2H3. The predicted molar refractivity (Wildman–Crippen MR) is 65.6 cm³/mol. The van der Waals surface area contributed by atoms with Crippen molar-refractivity contribution in [2.45, 2.75) is 24.4 Å². The Balaban J connectivity index is 5.49. The van der Waals surface area contributed by atoms with Gasteiger partial charge in [0, 0.05) is 0 Å². The molecule has 0 rings (SSSR count). The first-order chi connectivity index (χ1) is 8.91. The summed E-state index contributed by atoms with van der Waals surface area (Å²) in [5.74, 6) is 0. The van der Waals surface area contributed by atoms with Crippen LogP contribution in [-0.2, 0) is 28.6 Å². The molecule has 0 aliphatic carbocycles. The summed E-state index contributed by atoms with van der Waals surface area (Å²) in [6, 6.07) is 0. The lowest BCUT2D eigenvalue weighted by Gasteiger charge is -2.30. The normalized spacial score (nSPS) is 19.3. The van der Waals surface area contributed by atoms with Gasteiger partial charge in [0.15, 0.2) is 0 Å². The van der Waals surface area contributed by atoms with Gasteiger partial charge in [-0.2, -0.15) is 16.8 Å². The zero-order valence-electron chi connectivity index (χ0n) is 10.8. The topological polar surface area (TPSA) is 168 Å². The highest BCUT2D eigenvalue weighted by Crippen LogP contribution is 2.17. The fourth-order valence-electron chi connectivity index (χ4n) is 1.29. The fourth-order valence-corrected chi connectivity index (χ4v) is 2.57. The summed E-state index contributed by atoms with van der Waals surface area (Å²) in [7, 11) is -8.32. The third-order valence-corrected chi connectivity index (χ3v) is 3.17. The molecule has 0 aromatic carbocycles. The molecule has 12 heteroatoms. The van der Waals surface area contributed by atoms with E-state index in [9.17, 15) is 27.0 Å². The lowest BCUT2D eigenvalue weighted by molar-refractivity contribution is -0.0982. The van der Waals surface area contributed by atoms with Crippen molar-refractivity contribution in [3.63, 3.8) is 0 Å². The van der Waals surface area contributed by atoms with Crippen LogP contribution in [0.5, 0.6) is 0 Å². The van der Waals surface area contributed by atoms with E-state index < -0.39 is 57.9 Å². The van der Waals surface area contributed by atoms with E-state index in [0.717, 1.165) is 0 Å². The van der Waals surface area contributed by atoms with Crippen molar-refractivity contribution in [2.24, 2.45) is 0 Å². The van der Waals surface area contributed by atoms with Crippen molar-refractivity contribution >= 4 is 20.2 Å². The molecule has 4 atom stereocenters. The SMILES string of the molecule is CS(=O)(=O)OC(C(O)CO)C(OS(C)(=O)=O)C(O)CO. The van der Waals surface area contributed by atoms with E-state index in [4.69, 9.17) is 10.2 Å². The van der Waals surface area contributed by atoms with Gasteiger partial charge in [-0.1, -0.05) is 0 Å². The van der Waals surface area contributed by atoms with Crippen LogP contribution in [0.25, 0.3) is 0 Å². The average molecular weight is 338 g/mol. The Morgan fingerprint density at radius 3 is 1.20 bits per heavy atom. The molecule has 0 saturated heterocycles.